The molecule has 2 aliphatic rings. The number of carbonyl (C=O) groups excluding carboxylic acids is 1. The molecule has 1 unspecified atom stereocenters. The van der Waals surface area contributed by atoms with Gasteiger partial charge in [-0.05, 0) is 32.1 Å². The smallest absolute Gasteiger partial charge is 0.329 e. The Morgan fingerprint density at radius 3 is 2.65 bits per heavy atom. The molecule has 1 atom stereocenters. The largest absolute Gasteiger partial charge is 0.479 e. The predicted molar refractivity (Wildman–Crippen MR) is 73.6 cm³/mol. The van der Waals surface area contributed by atoms with Crippen LogP contribution in [0.5, 0.6) is 0 Å². The van der Waals surface area contributed by atoms with Gasteiger partial charge in [-0.25, -0.2) is 9.59 Å². The van der Waals surface area contributed by atoms with E-state index in [1.165, 1.54) is 0 Å². The van der Waals surface area contributed by atoms with Gasteiger partial charge in [0.25, 0.3) is 0 Å². The molecule has 6 nitrogen and oxygen atoms in total. The highest BCUT2D eigenvalue weighted by Crippen LogP contribution is 2.36. The summed E-state index contributed by atoms with van der Waals surface area (Å²) in [5.74, 6) is -0.881. The molecule has 6 heteroatoms. The van der Waals surface area contributed by atoms with E-state index in [-0.39, 0.29) is 12.1 Å². The molecule has 0 aromatic rings. The molecule has 20 heavy (non-hydrogen) atoms. The highest BCUT2D eigenvalue weighted by atomic mass is 16.5. The van der Waals surface area contributed by atoms with Crippen molar-refractivity contribution in [2.24, 2.45) is 0 Å². The van der Waals surface area contributed by atoms with E-state index in [4.69, 9.17) is 4.74 Å². The first-order chi connectivity index (χ1) is 9.56. The highest BCUT2D eigenvalue weighted by molar-refractivity contribution is 5.87. The molecule has 2 amide bonds. The number of carboxylic acids is 1. The lowest BCUT2D eigenvalue weighted by Gasteiger charge is -2.37. The van der Waals surface area contributed by atoms with Crippen LogP contribution in [0.1, 0.15) is 39.0 Å². The van der Waals surface area contributed by atoms with Gasteiger partial charge in [-0.1, -0.05) is 6.92 Å². The summed E-state index contributed by atoms with van der Waals surface area (Å²) >= 11 is 0. The predicted octanol–water partition coefficient (Wildman–Crippen LogP) is 1.55. The number of rotatable bonds is 6. The van der Waals surface area contributed by atoms with Gasteiger partial charge in [0.2, 0.25) is 0 Å². The van der Waals surface area contributed by atoms with Crippen molar-refractivity contribution in [1.29, 1.82) is 0 Å². The van der Waals surface area contributed by atoms with Crippen LogP contribution in [0, 0.1) is 0 Å². The average Bonchev–Trinajstić information content (AvgIpc) is 3.16. The Hall–Kier alpha value is -1.30. The molecule has 2 rings (SSSR count). The summed E-state index contributed by atoms with van der Waals surface area (Å²) in [7, 11) is 1.61. The minimum absolute atomic E-state index is 0.133. The lowest BCUT2D eigenvalue weighted by molar-refractivity contribution is -0.148. The van der Waals surface area contributed by atoms with Crippen molar-refractivity contribution in [1.82, 2.24) is 9.80 Å². The number of carboxylic acid groups (broad SMARTS) is 1. The van der Waals surface area contributed by atoms with Crippen LogP contribution in [0.3, 0.4) is 0 Å². The SMILES string of the molecule is CCC1(C(=O)O)CCCN1C(=O)N(CCOC)C1CC1. The van der Waals surface area contributed by atoms with Gasteiger partial charge < -0.3 is 19.6 Å². The minimum Gasteiger partial charge on any atom is -0.479 e. The summed E-state index contributed by atoms with van der Waals surface area (Å²) in [5, 5.41) is 9.56. The lowest BCUT2D eigenvalue weighted by Crippen LogP contribution is -2.57. The maximum Gasteiger partial charge on any atom is 0.329 e. The first-order valence-corrected chi connectivity index (χ1v) is 7.37. The highest BCUT2D eigenvalue weighted by Gasteiger charge is 2.50. The summed E-state index contributed by atoms with van der Waals surface area (Å²) in [4.78, 5) is 27.8. The van der Waals surface area contributed by atoms with Crippen molar-refractivity contribution < 1.29 is 19.4 Å². The van der Waals surface area contributed by atoms with E-state index in [0.717, 1.165) is 19.3 Å². The van der Waals surface area contributed by atoms with Crippen LogP contribution in [-0.4, -0.2) is 65.3 Å². The van der Waals surface area contributed by atoms with E-state index in [1.54, 1.807) is 16.9 Å². The third-order valence-corrected chi connectivity index (χ3v) is 4.47. The Morgan fingerprint density at radius 2 is 2.15 bits per heavy atom. The number of ether oxygens (including phenoxy) is 1. The van der Waals surface area contributed by atoms with Crippen molar-refractivity contribution in [3.8, 4) is 0 Å². The molecule has 0 aromatic heterocycles. The van der Waals surface area contributed by atoms with Crippen molar-refractivity contribution in [2.45, 2.75) is 50.6 Å². The quantitative estimate of drug-likeness (QED) is 0.803. The number of aliphatic carboxylic acids is 1. The van der Waals surface area contributed by atoms with Crippen molar-refractivity contribution in [2.75, 3.05) is 26.8 Å². The molecule has 0 radical (unpaired) electrons. The Bertz CT molecular complexity index is 383. The number of amides is 2. The van der Waals surface area contributed by atoms with E-state index in [0.29, 0.717) is 32.5 Å². The topological polar surface area (TPSA) is 70.1 Å². The van der Waals surface area contributed by atoms with E-state index in [2.05, 4.69) is 0 Å². The van der Waals surface area contributed by atoms with Gasteiger partial charge in [0, 0.05) is 26.2 Å². The zero-order valence-corrected chi connectivity index (χ0v) is 12.3. The van der Waals surface area contributed by atoms with Crippen LogP contribution >= 0.6 is 0 Å². The molecule has 2 fully saturated rings. The maximum absolute atomic E-state index is 12.7. The molecule has 1 aliphatic heterocycles. The van der Waals surface area contributed by atoms with Gasteiger partial charge in [0.1, 0.15) is 5.54 Å². The van der Waals surface area contributed by atoms with E-state index in [9.17, 15) is 14.7 Å². The third-order valence-electron chi connectivity index (χ3n) is 4.47. The van der Waals surface area contributed by atoms with E-state index in [1.807, 2.05) is 6.92 Å². The van der Waals surface area contributed by atoms with Gasteiger partial charge in [0.15, 0.2) is 0 Å². The standard InChI is InChI=1S/C14H24N2O4/c1-3-14(12(17)18)7-4-8-16(14)13(19)15(9-10-20-2)11-5-6-11/h11H,3-10H2,1-2H3,(H,17,18). The van der Waals surface area contributed by atoms with Crippen LogP contribution in [0.4, 0.5) is 4.79 Å². The van der Waals surface area contributed by atoms with Gasteiger partial charge >= 0.3 is 12.0 Å². The molecular weight excluding hydrogens is 260 g/mol. The van der Waals surface area contributed by atoms with Crippen molar-refractivity contribution >= 4 is 12.0 Å². The fourth-order valence-corrected chi connectivity index (χ4v) is 3.06. The molecule has 0 aromatic carbocycles. The van der Waals surface area contributed by atoms with Gasteiger partial charge in [0.05, 0.1) is 6.61 Å². The normalized spacial score (nSPS) is 25.8. The number of nitrogens with zero attached hydrogens (tertiary/aromatic N) is 2. The molecule has 1 saturated carbocycles. The number of urea groups is 1. The van der Waals surface area contributed by atoms with Crippen molar-refractivity contribution in [3.63, 3.8) is 0 Å². The molecular formula is C14H24N2O4. The molecule has 0 spiro atoms. The molecule has 114 valence electrons. The average molecular weight is 284 g/mol. The molecule has 1 heterocycles. The first kappa shape index (κ1) is 15.1. The fourth-order valence-electron chi connectivity index (χ4n) is 3.06. The van der Waals surface area contributed by atoms with E-state index >= 15 is 0 Å². The lowest BCUT2D eigenvalue weighted by atomic mass is 9.93. The monoisotopic (exact) mass is 284 g/mol. The second-order valence-corrected chi connectivity index (χ2v) is 5.65. The molecule has 1 aliphatic carbocycles. The summed E-state index contributed by atoms with van der Waals surface area (Å²) < 4.78 is 5.06. The van der Waals surface area contributed by atoms with Crippen LogP contribution in [-0.2, 0) is 9.53 Å². The number of hydrogen-bond acceptors (Lipinski definition) is 3. The van der Waals surface area contributed by atoms with Crippen molar-refractivity contribution in [3.05, 3.63) is 0 Å². The van der Waals surface area contributed by atoms with Gasteiger partial charge in [-0.3, -0.25) is 0 Å². The number of hydrogen-bond donors (Lipinski definition) is 1. The number of likely N-dealkylation sites (tertiary alicyclic amines) is 1. The summed E-state index contributed by atoms with van der Waals surface area (Å²) in [5.41, 5.74) is -1.02. The number of methoxy groups -OCH3 is 1. The molecule has 1 N–H and O–H groups in total. The van der Waals surface area contributed by atoms with Crippen LogP contribution in [0.2, 0.25) is 0 Å². The second-order valence-electron chi connectivity index (χ2n) is 5.65. The van der Waals surface area contributed by atoms with Gasteiger partial charge in [-0.15, -0.1) is 0 Å². The summed E-state index contributed by atoms with van der Waals surface area (Å²) in [6.07, 6.45) is 3.78. The van der Waals surface area contributed by atoms with Crippen LogP contribution < -0.4 is 0 Å². The van der Waals surface area contributed by atoms with E-state index < -0.39 is 11.5 Å². The Kier molecular flexibility index (Phi) is 4.52. The maximum atomic E-state index is 12.7. The van der Waals surface area contributed by atoms with Crippen LogP contribution in [0.25, 0.3) is 0 Å². The fraction of sp³-hybridized carbons (Fsp3) is 0.857. The third kappa shape index (κ3) is 2.61. The Labute approximate surface area is 119 Å². The molecule has 1 saturated heterocycles. The van der Waals surface area contributed by atoms with Crippen LogP contribution in [0.15, 0.2) is 0 Å². The minimum atomic E-state index is -1.02. The zero-order chi connectivity index (χ0) is 14.8. The zero-order valence-electron chi connectivity index (χ0n) is 12.3. The summed E-state index contributed by atoms with van der Waals surface area (Å²) in [6, 6.07) is 0.132. The Morgan fingerprint density at radius 1 is 1.45 bits per heavy atom. The second kappa shape index (κ2) is 5.99. The Balaban J connectivity index is 2.14. The number of carbonyl (C=O) groups is 2. The molecule has 0 bridgehead atoms. The van der Waals surface area contributed by atoms with Gasteiger partial charge in [-0.2, -0.15) is 0 Å². The summed E-state index contributed by atoms with van der Waals surface area (Å²) in [6.45, 7) is 3.41. The first-order valence-electron chi connectivity index (χ1n) is 7.37.